The van der Waals surface area contributed by atoms with Gasteiger partial charge in [-0.25, -0.2) is 0 Å². The molecule has 0 spiro atoms. The molecule has 0 unspecified atom stereocenters. The number of fused-ring (bicyclic) bond motifs is 3. The van der Waals surface area contributed by atoms with Crippen molar-refractivity contribution in [3.05, 3.63) is 53.9 Å². The molecule has 0 aliphatic heterocycles. The van der Waals surface area contributed by atoms with Crippen molar-refractivity contribution in [3.8, 4) is 11.1 Å². The maximum atomic E-state index is 4.37. The van der Waals surface area contributed by atoms with E-state index in [1.165, 1.54) is 22.4 Å². The van der Waals surface area contributed by atoms with Gasteiger partial charge in [0.15, 0.2) is 0 Å². The molecule has 0 N–H and O–H groups in total. The molecule has 62 valence electrons. The van der Waals surface area contributed by atoms with Crippen LogP contribution in [0.25, 0.3) is 11.1 Å². The van der Waals surface area contributed by atoms with Gasteiger partial charge in [-0.05, 0) is 17.2 Å². The predicted molar refractivity (Wildman–Crippen MR) is 52.5 cm³/mol. The number of pyridine rings is 1. The Balaban J connectivity index is 2.32. The molecule has 1 heteroatoms. The molecule has 1 nitrogen and oxygen atoms in total. The molecule has 0 amide bonds. The van der Waals surface area contributed by atoms with Gasteiger partial charge in [-0.2, -0.15) is 0 Å². The zero-order chi connectivity index (χ0) is 8.67. The Kier molecular flexibility index (Phi) is 1.28. The smallest absolute Gasteiger partial charge is 0.0525 e. The van der Waals surface area contributed by atoms with Crippen LogP contribution in [0.4, 0.5) is 0 Å². The Labute approximate surface area is 77.1 Å². The summed E-state index contributed by atoms with van der Waals surface area (Å²) in [5.74, 6) is 0. The minimum absolute atomic E-state index is 0.992. The molecule has 0 saturated carbocycles. The lowest BCUT2D eigenvalue weighted by molar-refractivity contribution is 1.12. The van der Waals surface area contributed by atoms with Crippen LogP contribution >= 0.6 is 0 Å². The molecule has 2 aromatic rings. The second-order valence-corrected chi connectivity index (χ2v) is 3.33. The van der Waals surface area contributed by atoms with Gasteiger partial charge >= 0.3 is 0 Å². The van der Waals surface area contributed by atoms with Crippen molar-refractivity contribution >= 4 is 0 Å². The molecule has 1 aliphatic carbocycles. The molecule has 0 bridgehead atoms. The Morgan fingerprint density at radius 1 is 0.923 bits per heavy atom. The molecule has 1 aliphatic rings. The molecule has 0 fully saturated rings. The SMILES string of the molecule is c1ccc2c(c1)Cc1ncccc1-2. The third kappa shape index (κ3) is 0.903. The highest BCUT2D eigenvalue weighted by Crippen LogP contribution is 2.34. The van der Waals surface area contributed by atoms with E-state index in [1.54, 1.807) is 0 Å². The first kappa shape index (κ1) is 6.84. The van der Waals surface area contributed by atoms with Gasteiger partial charge in [-0.3, -0.25) is 4.98 Å². The molecular formula is C12H9N. The van der Waals surface area contributed by atoms with Crippen LogP contribution in [0.3, 0.4) is 0 Å². The van der Waals surface area contributed by atoms with Crippen molar-refractivity contribution in [2.75, 3.05) is 0 Å². The summed E-state index contributed by atoms with van der Waals surface area (Å²) in [6.45, 7) is 0. The number of hydrogen-bond donors (Lipinski definition) is 0. The van der Waals surface area contributed by atoms with Crippen LogP contribution in [-0.2, 0) is 6.42 Å². The number of rotatable bonds is 0. The van der Waals surface area contributed by atoms with Gasteiger partial charge in [-0.15, -0.1) is 0 Å². The third-order valence-electron chi connectivity index (χ3n) is 2.56. The monoisotopic (exact) mass is 167 g/mol. The number of benzene rings is 1. The van der Waals surface area contributed by atoms with E-state index in [9.17, 15) is 0 Å². The summed E-state index contributed by atoms with van der Waals surface area (Å²) in [6, 6.07) is 12.7. The highest BCUT2D eigenvalue weighted by atomic mass is 14.7. The van der Waals surface area contributed by atoms with Crippen LogP contribution in [-0.4, -0.2) is 4.98 Å². The first-order chi connectivity index (χ1) is 6.45. The second kappa shape index (κ2) is 2.43. The van der Waals surface area contributed by atoms with Crippen LogP contribution in [0.2, 0.25) is 0 Å². The van der Waals surface area contributed by atoms with Crippen molar-refractivity contribution in [1.29, 1.82) is 0 Å². The molecule has 13 heavy (non-hydrogen) atoms. The zero-order valence-electron chi connectivity index (χ0n) is 7.20. The van der Waals surface area contributed by atoms with E-state index in [1.807, 2.05) is 12.3 Å². The highest BCUT2D eigenvalue weighted by molar-refractivity contribution is 5.74. The first-order valence-corrected chi connectivity index (χ1v) is 4.47. The van der Waals surface area contributed by atoms with E-state index in [-0.39, 0.29) is 0 Å². The Hall–Kier alpha value is -1.63. The standard InChI is InChI=1S/C12H9N/c1-2-5-10-9(4-1)8-12-11(10)6-3-7-13-12/h1-7H,8H2. The summed E-state index contributed by atoms with van der Waals surface area (Å²) < 4.78 is 0. The van der Waals surface area contributed by atoms with Crippen LogP contribution in [0.5, 0.6) is 0 Å². The fraction of sp³-hybridized carbons (Fsp3) is 0.0833. The van der Waals surface area contributed by atoms with Crippen molar-refractivity contribution < 1.29 is 0 Å². The zero-order valence-corrected chi connectivity index (χ0v) is 7.20. The summed E-state index contributed by atoms with van der Waals surface area (Å²) in [5.41, 5.74) is 5.27. The fourth-order valence-electron chi connectivity index (χ4n) is 1.94. The average molecular weight is 167 g/mol. The Morgan fingerprint density at radius 3 is 2.77 bits per heavy atom. The van der Waals surface area contributed by atoms with Crippen molar-refractivity contribution in [2.45, 2.75) is 6.42 Å². The highest BCUT2D eigenvalue weighted by Gasteiger charge is 2.17. The normalized spacial score (nSPS) is 12.3. The van der Waals surface area contributed by atoms with Gasteiger partial charge in [0.1, 0.15) is 0 Å². The van der Waals surface area contributed by atoms with Gasteiger partial charge in [0.25, 0.3) is 0 Å². The van der Waals surface area contributed by atoms with E-state index in [2.05, 4.69) is 35.3 Å². The van der Waals surface area contributed by atoms with Gasteiger partial charge < -0.3 is 0 Å². The average Bonchev–Trinajstić information content (AvgIpc) is 2.56. The van der Waals surface area contributed by atoms with E-state index in [0.717, 1.165) is 6.42 Å². The largest absolute Gasteiger partial charge is 0.260 e. The van der Waals surface area contributed by atoms with Gasteiger partial charge in [0.2, 0.25) is 0 Å². The predicted octanol–water partition coefficient (Wildman–Crippen LogP) is 2.65. The molecule has 0 saturated heterocycles. The van der Waals surface area contributed by atoms with Crippen LogP contribution in [0.1, 0.15) is 11.3 Å². The quantitative estimate of drug-likeness (QED) is 0.501. The van der Waals surface area contributed by atoms with Crippen molar-refractivity contribution in [2.24, 2.45) is 0 Å². The summed E-state index contributed by atoms with van der Waals surface area (Å²) in [5, 5.41) is 0. The molecule has 3 rings (SSSR count). The molecule has 0 radical (unpaired) electrons. The topological polar surface area (TPSA) is 12.9 Å². The summed E-state index contributed by atoms with van der Waals surface area (Å²) in [4.78, 5) is 4.37. The minimum Gasteiger partial charge on any atom is -0.260 e. The lowest BCUT2D eigenvalue weighted by Crippen LogP contribution is -1.83. The summed E-state index contributed by atoms with van der Waals surface area (Å²) in [7, 11) is 0. The van der Waals surface area contributed by atoms with E-state index in [4.69, 9.17) is 0 Å². The number of aromatic nitrogens is 1. The fourth-order valence-corrected chi connectivity index (χ4v) is 1.94. The maximum Gasteiger partial charge on any atom is 0.0525 e. The van der Waals surface area contributed by atoms with E-state index in [0.29, 0.717) is 0 Å². The minimum atomic E-state index is 0.992. The van der Waals surface area contributed by atoms with Gasteiger partial charge in [0, 0.05) is 18.2 Å². The van der Waals surface area contributed by atoms with Crippen LogP contribution in [0, 0.1) is 0 Å². The maximum absolute atomic E-state index is 4.37. The molecule has 0 atom stereocenters. The Bertz CT molecular complexity index is 417. The van der Waals surface area contributed by atoms with Crippen LogP contribution in [0.15, 0.2) is 42.6 Å². The lowest BCUT2D eigenvalue weighted by atomic mass is 10.1. The molecule has 1 aromatic carbocycles. The molecular weight excluding hydrogens is 158 g/mol. The molecule has 1 aromatic heterocycles. The summed E-state index contributed by atoms with van der Waals surface area (Å²) in [6.07, 6.45) is 2.86. The van der Waals surface area contributed by atoms with E-state index < -0.39 is 0 Å². The Morgan fingerprint density at radius 2 is 1.77 bits per heavy atom. The van der Waals surface area contributed by atoms with E-state index >= 15 is 0 Å². The van der Waals surface area contributed by atoms with Crippen molar-refractivity contribution in [1.82, 2.24) is 4.98 Å². The van der Waals surface area contributed by atoms with Gasteiger partial charge in [0.05, 0.1) is 5.69 Å². The second-order valence-electron chi connectivity index (χ2n) is 3.33. The first-order valence-electron chi connectivity index (χ1n) is 4.47. The third-order valence-corrected chi connectivity index (χ3v) is 2.56. The summed E-state index contributed by atoms with van der Waals surface area (Å²) >= 11 is 0. The van der Waals surface area contributed by atoms with Gasteiger partial charge in [-0.1, -0.05) is 30.3 Å². The number of hydrogen-bond acceptors (Lipinski definition) is 1. The number of nitrogens with zero attached hydrogens (tertiary/aromatic N) is 1. The lowest BCUT2D eigenvalue weighted by Gasteiger charge is -1.97. The van der Waals surface area contributed by atoms with Crippen LogP contribution < -0.4 is 0 Å². The van der Waals surface area contributed by atoms with Crippen molar-refractivity contribution in [3.63, 3.8) is 0 Å². The molecule has 1 heterocycles.